The minimum Gasteiger partial charge on any atom is -0.493 e. The molecular weight excluding hydrogens is 701 g/mol. The lowest BCUT2D eigenvalue weighted by atomic mass is 10.2. The van der Waals surface area contributed by atoms with Gasteiger partial charge in [-0.25, -0.2) is 13.8 Å². The number of rotatable bonds is 11. The average molecular weight is 726 g/mol. The van der Waals surface area contributed by atoms with E-state index in [0.717, 1.165) is 17.4 Å². The van der Waals surface area contributed by atoms with Crippen molar-refractivity contribution in [3.05, 3.63) is 121 Å². The SMILES string of the molecule is COc1cc(/C=N\NC(=O)c2ccc(N(Cc3ccc(Cl)cc3)S(C)(=O)=O)cc2)cc(Br)c1OCc1ccc(Cl)cc1Cl. The molecule has 0 unspecified atom stereocenters. The van der Waals surface area contributed by atoms with Crippen molar-refractivity contribution in [3.8, 4) is 11.5 Å². The molecule has 0 aliphatic heterocycles. The van der Waals surface area contributed by atoms with Crippen LogP contribution in [0.2, 0.25) is 15.1 Å². The van der Waals surface area contributed by atoms with E-state index >= 15 is 0 Å². The Hall–Kier alpha value is -3.28. The van der Waals surface area contributed by atoms with Crippen LogP contribution in [0.5, 0.6) is 11.5 Å². The average Bonchev–Trinajstić information content (AvgIpc) is 2.96. The number of halogens is 4. The van der Waals surface area contributed by atoms with Crippen LogP contribution >= 0.6 is 50.7 Å². The van der Waals surface area contributed by atoms with Crippen LogP contribution in [0, 0.1) is 0 Å². The van der Waals surface area contributed by atoms with E-state index in [0.29, 0.717) is 47.9 Å². The molecule has 8 nitrogen and oxygen atoms in total. The van der Waals surface area contributed by atoms with Gasteiger partial charge in [0.25, 0.3) is 5.91 Å². The van der Waals surface area contributed by atoms with Gasteiger partial charge in [0.05, 0.1) is 36.3 Å². The third-order valence-electron chi connectivity index (χ3n) is 6.08. The molecule has 0 bridgehead atoms. The molecular formula is C30H25BrCl3N3O5S. The second-order valence-electron chi connectivity index (χ2n) is 9.20. The Morgan fingerprint density at radius 1 is 0.977 bits per heavy atom. The van der Waals surface area contributed by atoms with E-state index in [-0.39, 0.29) is 13.2 Å². The second kappa shape index (κ2) is 14.5. The molecule has 4 aromatic rings. The van der Waals surface area contributed by atoms with Gasteiger partial charge in [-0.2, -0.15) is 5.10 Å². The maximum absolute atomic E-state index is 12.7. The van der Waals surface area contributed by atoms with Gasteiger partial charge < -0.3 is 9.47 Å². The predicted molar refractivity (Wildman–Crippen MR) is 175 cm³/mol. The Morgan fingerprint density at radius 3 is 2.28 bits per heavy atom. The van der Waals surface area contributed by atoms with Gasteiger partial charge in [0.1, 0.15) is 6.61 Å². The summed E-state index contributed by atoms with van der Waals surface area (Å²) in [5, 5.41) is 5.63. The van der Waals surface area contributed by atoms with E-state index < -0.39 is 15.9 Å². The predicted octanol–water partition coefficient (Wildman–Crippen LogP) is 7.73. The summed E-state index contributed by atoms with van der Waals surface area (Å²) in [5.74, 6) is 0.433. The molecule has 43 heavy (non-hydrogen) atoms. The Labute approximate surface area is 273 Å². The number of carbonyl (C=O) groups is 1. The fourth-order valence-electron chi connectivity index (χ4n) is 3.91. The fraction of sp³-hybridized carbons (Fsp3) is 0.133. The molecule has 0 radical (unpaired) electrons. The van der Waals surface area contributed by atoms with Gasteiger partial charge in [-0.05, 0) is 87.7 Å². The molecule has 4 rings (SSSR count). The highest BCUT2D eigenvalue weighted by molar-refractivity contribution is 9.10. The van der Waals surface area contributed by atoms with Crippen LogP contribution in [-0.4, -0.2) is 33.9 Å². The number of benzene rings is 4. The largest absolute Gasteiger partial charge is 0.493 e. The van der Waals surface area contributed by atoms with E-state index in [4.69, 9.17) is 44.3 Å². The zero-order valence-corrected chi connectivity index (χ0v) is 27.5. The van der Waals surface area contributed by atoms with Crippen LogP contribution < -0.4 is 19.2 Å². The molecule has 1 amide bonds. The van der Waals surface area contributed by atoms with Crippen LogP contribution in [0.25, 0.3) is 0 Å². The van der Waals surface area contributed by atoms with Crippen molar-refractivity contribution in [1.29, 1.82) is 0 Å². The molecule has 1 N–H and O–H groups in total. The summed E-state index contributed by atoms with van der Waals surface area (Å²) in [6, 6.07) is 21.7. The monoisotopic (exact) mass is 723 g/mol. The molecule has 13 heteroatoms. The minimum atomic E-state index is -3.60. The maximum atomic E-state index is 12.7. The molecule has 0 saturated heterocycles. The number of hydrogen-bond donors (Lipinski definition) is 1. The molecule has 0 fully saturated rings. The van der Waals surface area contributed by atoms with Gasteiger partial charge >= 0.3 is 0 Å². The Balaban J connectivity index is 1.41. The summed E-state index contributed by atoms with van der Waals surface area (Å²) in [6.07, 6.45) is 2.58. The highest BCUT2D eigenvalue weighted by atomic mass is 79.9. The van der Waals surface area contributed by atoms with Crippen molar-refractivity contribution in [2.75, 3.05) is 17.7 Å². The standard InChI is InChI=1S/C30H25BrCl3N3O5S/c1-41-28-14-20(13-26(31)29(28)42-18-22-5-10-24(33)15-27(22)34)16-35-36-30(38)21-6-11-25(12-7-21)37(43(2,39)40)17-19-3-8-23(32)9-4-19/h3-16H,17-18H2,1-2H3,(H,36,38)/b35-16-. The molecule has 4 aromatic carbocycles. The third-order valence-corrected chi connectivity index (χ3v) is 8.64. The molecule has 0 atom stereocenters. The number of ether oxygens (including phenoxy) is 2. The number of carbonyl (C=O) groups excluding carboxylic acids is 1. The van der Waals surface area contributed by atoms with E-state index in [1.165, 1.54) is 29.8 Å². The van der Waals surface area contributed by atoms with Gasteiger partial charge in [0, 0.05) is 26.2 Å². The van der Waals surface area contributed by atoms with Crippen LogP contribution in [-0.2, 0) is 23.2 Å². The molecule has 0 aromatic heterocycles. The lowest BCUT2D eigenvalue weighted by Gasteiger charge is -2.22. The first-order chi connectivity index (χ1) is 20.4. The second-order valence-corrected chi connectivity index (χ2v) is 13.2. The summed E-state index contributed by atoms with van der Waals surface area (Å²) < 4.78 is 38.3. The molecule has 0 saturated carbocycles. The number of hydrogen-bond acceptors (Lipinski definition) is 6. The Bertz CT molecular complexity index is 1750. The summed E-state index contributed by atoms with van der Waals surface area (Å²) in [5.41, 5.74) is 5.33. The summed E-state index contributed by atoms with van der Waals surface area (Å²) in [7, 11) is -2.09. The normalized spacial score (nSPS) is 11.4. The van der Waals surface area contributed by atoms with Gasteiger partial charge in [-0.3, -0.25) is 9.10 Å². The molecule has 0 aliphatic rings. The van der Waals surface area contributed by atoms with Crippen LogP contribution in [0.15, 0.2) is 88.4 Å². The van der Waals surface area contributed by atoms with E-state index in [2.05, 4.69) is 26.5 Å². The number of nitrogens with zero attached hydrogens (tertiary/aromatic N) is 2. The lowest BCUT2D eigenvalue weighted by molar-refractivity contribution is 0.0955. The number of anilines is 1. The van der Waals surface area contributed by atoms with Crippen molar-refractivity contribution >= 4 is 78.6 Å². The summed E-state index contributed by atoms with van der Waals surface area (Å²) >= 11 is 21.6. The topological polar surface area (TPSA) is 97.3 Å². The molecule has 0 spiro atoms. The minimum absolute atomic E-state index is 0.115. The van der Waals surface area contributed by atoms with Crippen molar-refractivity contribution < 1.29 is 22.7 Å². The highest BCUT2D eigenvalue weighted by Gasteiger charge is 2.19. The summed E-state index contributed by atoms with van der Waals surface area (Å²) in [6.45, 7) is 0.305. The van der Waals surface area contributed by atoms with Gasteiger partial charge in [0.15, 0.2) is 11.5 Å². The first kappa shape index (κ1) is 32.6. The summed E-state index contributed by atoms with van der Waals surface area (Å²) in [4.78, 5) is 12.7. The lowest BCUT2D eigenvalue weighted by Crippen LogP contribution is -2.29. The molecule has 224 valence electrons. The van der Waals surface area contributed by atoms with Gasteiger partial charge in [-0.15, -0.1) is 0 Å². The number of hydrazone groups is 1. The number of methoxy groups -OCH3 is 1. The number of sulfonamides is 1. The van der Waals surface area contributed by atoms with E-state index in [1.807, 2.05) is 0 Å². The molecule has 0 heterocycles. The van der Waals surface area contributed by atoms with Crippen LogP contribution in [0.4, 0.5) is 5.69 Å². The number of amides is 1. The van der Waals surface area contributed by atoms with Crippen LogP contribution in [0.1, 0.15) is 27.0 Å². The quantitative estimate of drug-likeness (QED) is 0.126. The van der Waals surface area contributed by atoms with Gasteiger partial charge in [-0.1, -0.05) is 53.0 Å². The Morgan fingerprint density at radius 2 is 1.65 bits per heavy atom. The zero-order valence-electron chi connectivity index (χ0n) is 22.9. The third kappa shape index (κ3) is 8.87. The maximum Gasteiger partial charge on any atom is 0.271 e. The van der Waals surface area contributed by atoms with Crippen molar-refractivity contribution in [3.63, 3.8) is 0 Å². The zero-order chi connectivity index (χ0) is 31.1. The van der Waals surface area contributed by atoms with Crippen molar-refractivity contribution in [1.82, 2.24) is 5.43 Å². The van der Waals surface area contributed by atoms with Crippen molar-refractivity contribution in [2.24, 2.45) is 5.10 Å². The smallest absolute Gasteiger partial charge is 0.271 e. The van der Waals surface area contributed by atoms with E-state index in [9.17, 15) is 13.2 Å². The fourth-order valence-corrected chi connectivity index (χ4v) is 5.96. The Kier molecular flexibility index (Phi) is 11.0. The first-order valence-electron chi connectivity index (χ1n) is 12.5. The van der Waals surface area contributed by atoms with E-state index in [1.54, 1.807) is 66.7 Å². The first-order valence-corrected chi connectivity index (χ1v) is 16.3. The highest BCUT2D eigenvalue weighted by Crippen LogP contribution is 2.37. The molecule has 0 aliphatic carbocycles. The van der Waals surface area contributed by atoms with Gasteiger partial charge in [0.2, 0.25) is 10.0 Å². The number of nitrogens with one attached hydrogen (secondary N) is 1. The van der Waals surface area contributed by atoms with Crippen molar-refractivity contribution in [2.45, 2.75) is 13.2 Å². The van der Waals surface area contributed by atoms with Crippen LogP contribution in [0.3, 0.4) is 0 Å².